The fraction of sp³-hybridized carbons (Fsp3) is 0.263. The molecule has 0 aliphatic heterocycles. The minimum atomic E-state index is -0.527. The smallest absolute Gasteiger partial charge is 0.279 e. The third-order valence-electron chi connectivity index (χ3n) is 4.32. The molecule has 0 unspecified atom stereocenters. The van der Waals surface area contributed by atoms with E-state index < -0.39 is 10.8 Å². The predicted molar refractivity (Wildman–Crippen MR) is 104 cm³/mol. The Morgan fingerprint density at radius 2 is 2.00 bits per heavy atom. The topological polar surface area (TPSA) is 86.7 Å². The van der Waals surface area contributed by atoms with Crippen molar-refractivity contribution < 1.29 is 14.5 Å². The van der Waals surface area contributed by atoms with Gasteiger partial charge in [0.1, 0.15) is 0 Å². The Labute approximate surface area is 159 Å². The van der Waals surface area contributed by atoms with Crippen molar-refractivity contribution in [1.82, 2.24) is 4.57 Å². The van der Waals surface area contributed by atoms with Crippen molar-refractivity contribution in [2.24, 2.45) is 4.99 Å². The van der Waals surface area contributed by atoms with E-state index >= 15 is 0 Å². The van der Waals surface area contributed by atoms with Crippen LogP contribution < -0.4 is 4.80 Å². The third-order valence-corrected chi connectivity index (χ3v) is 5.36. The van der Waals surface area contributed by atoms with E-state index in [1.165, 1.54) is 41.2 Å². The van der Waals surface area contributed by atoms with Crippen LogP contribution in [0.5, 0.6) is 0 Å². The van der Waals surface area contributed by atoms with Crippen LogP contribution in [0.25, 0.3) is 10.2 Å². The van der Waals surface area contributed by atoms with Gasteiger partial charge in [-0.05, 0) is 43.2 Å². The number of carbonyl (C=O) groups excluding carboxylic acids is 1. The van der Waals surface area contributed by atoms with Crippen molar-refractivity contribution in [3.8, 4) is 0 Å². The number of thiazole rings is 1. The molecule has 2 aromatic carbocycles. The number of fused-ring (bicyclic) bond motifs is 1. The summed E-state index contributed by atoms with van der Waals surface area (Å²) in [4.78, 5) is 27.8. The first-order valence-corrected chi connectivity index (χ1v) is 9.15. The van der Waals surface area contributed by atoms with Crippen LogP contribution in [0.1, 0.15) is 21.5 Å². The maximum Gasteiger partial charge on any atom is 0.279 e. The zero-order valence-corrected chi connectivity index (χ0v) is 16.1. The molecule has 7 nitrogen and oxygen atoms in total. The van der Waals surface area contributed by atoms with Gasteiger partial charge >= 0.3 is 0 Å². The first kappa shape index (κ1) is 18.9. The van der Waals surface area contributed by atoms with Gasteiger partial charge in [-0.2, -0.15) is 4.99 Å². The zero-order valence-electron chi connectivity index (χ0n) is 15.3. The molecule has 27 heavy (non-hydrogen) atoms. The van der Waals surface area contributed by atoms with E-state index in [4.69, 9.17) is 4.74 Å². The monoisotopic (exact) mass is 385 g/mol. The number of amides is 1. The number of aryl methyl sites for hydroxylation is 2. The summed E-state index contributed by atoms with van der Waals surface area (Å²) in [5, 5.41) is 10.9. The number of carbonyl (C=O) groups is 1. The van der Waals surface area contributed by atoms with Crippen LogP contribution in [0.15, 0.2) is 41.4 Å². The van der Waals surface area contributed by atoms with Crippen molar-refractivity contribution in [2.45, 2.75) is 20.4 Å². The molecule has 0 saturated heterocycles. The van der Waals surface area contributed by atoms with E-state index in [2.05, 4.69) is 17.1 Å². The van der Waals surface area contributed by atoms with Crippen LogP contribution >= 0.6 is 11.3 Å². The van der Waals surface area contributed by atoms with Gasteiger partial charge in [0.15, 0.2) is 4.80 Å². The van der Waals surface area contributed by atoms with Gasteiger partial charge in [-0.1, -0.05) is 17.4 Å². The lowest BCUT2D eigenvalue weighted by atomic mass is 10.1. The summed E-state index contributed by atoms with van der Waals surface area (Å²) in [7, 11) is 1.62. The Balaban J connectivity index is 2.12. The van der Waals surface area contributed by atoms with Crippen LogP contribution in [0.3, 0.4) is 0 Å². The fourth-order valence-electron chi connectivity index (χ4n) is 2.71. The Hall–Kier alpha value is -2.84. The van der Waals surface area contributed by atoms with E-state index in [-0.39, 0.29) is 11.3 Å². The molecular formula is C19H19N3O4S. The highest BCUT2D eigenvalue weighted by molar-refractivity contribution is 7.16. The summed E-state index contributed by atoms with van der Waals surface area (Å²) in [5.74, 6) is -0.509. The van der Waals surface area contributed by atoms with Gasteiger partial charge in [-0.15, -0.1) is 0 Å². The average Bonchev–Trinajstić information content (AvgIpc) is 2.96. The van der Waals surface area contributed by atoms with E-state index in [0.29, 0.717) is 18.0 Å². The van der Waals surface area contributed by atoms with Crippen molar-refractivity contribution in [3.63, 3.8) is 0 Å². The Kier molecular flexibility index (Phi) is 5.48. The highest BCUT2D eigenvalue weighted by Gasteiger charge is 2.13. The molecule has 1 amide bonds. The number of hydrogen-bond acceptors (Lipinski definition) is 5. The highest BCUT2D eigenvalue weighted by Crippen LogP contribution is 2.22. The van der Waals surface area contributed by atoms with Crippen molar-refractivity contribution in [2.75, 3.05) is 13.7 Å². The van der Waals surface area contributed by atoms with E-state index in [0.717, 1.165) is 15.8 Å². The van der Waals surface area contributed by atoms with Gasteiger partial charge in [0, 0.05) is 31.4 Å². The Bertz CT molecular complexity index is 1100. The second-order valence-electron chi connectivity index (χ2n) is 6.16. The molecule has 0 aliphatic rings. The molecule has 140 valence electrons. The van der Waals surface area contributed by atoms with E-state index in [9.17, 15) is 14.9 Å². The summed E-state index contributed by atoms with van der Waals surface area (Å²) in [6.07, 6.45) is 0. The summed E-state index contributed by atoms with van der Waals surface area (Å²) in [6, 6.07) is 9.76. The normalized spacial score (nSPS) is 11.9. The molecular weight excluding hydrogens is 366 g/mol. The van der Waals surface area contributed by atoms with Crippen molar-refractivity contribution >= 4 is 33.1 Å². The number of benzene rings is 2. The average molecular weight is 385 g/mol. The molecule has 0 saturated carbocycles. The molecule has 0 radical (unpaired) electrons. The second kappa shape index (κ2) is 7.81. The number of methoxy groups -OCH3 is 1. The summed E-state index contributed by atoms with van der Waals surface area (Å²) < 4.78 is 8.16. The van der Waals surface area contributed by atoms with Crippen LogP contribution in [0.4, 0.5) is 5.69 Å². The quantitative estimate of drug-likeness (QED) is 0.496. The standard InChI is InChI=1S/C19H19N3O4S/c1-12-9-16-17(10-13(12)2)27-19(21(16)7-8-26-3)20-18(23)14-5-4-6-15(11-14)22(24)25/h4-6,9-11H,7-8H2,1-3H3. The highest BCUT2D eigenvalue weighted by atomic mass is 32.1. The van der Waals surface area contributed by atoms with Crippen LogP contribution in [0.2, 0.25) is 0 Å². The lowest BCUT2D eigenvalue weighted by molar-refractivity contribution is -0.384. The lowest BCUT2D eigenvalue weighted by Gasteiger charge is -2.06. The number of aromatic nitrogens is 1. The number of rotatable bonds is 5. The molecule has 3 rings (SSSR count). The van der Waals surface area contributed by atoms with Crippen molar-refractivity contribution in [3.05, 3.63) is 68.0 Å². The number of hydrogen-bond donors (Lipinski definition) is 0. The molecule has 1 heterocycles. The summed E-state index contributed by atoms with van der Waals surface area (Å²) in [6.45, 7) is 5.12. The molecule has 8 heteroatoms. The molecule has 0 aliphatic carbocycles. The van der Waals surface area contributed by atoms with E-state index in [1.54, 1.807) is 7.11 Å². The van der Waals surface area contributed by atoms with Gasteiger partial charge in [0.05, 0.1) is 21.7 Å². The van der Waals surface area contributed by atoms with Crippen molar-refractivity contribution in [1.29, 1.82) is 0 Å². The number of non-ortho nitro benzene ring substituents is 1. The van der Waals surface area contributed by atoms with Gasteiger partial charge in [-0.25, -0.2) is 0 Å². The summed E-state index contributed by atoms with van der Waals surface area (Å²) >= 11 is 1.42. The molecule has 0 N–H and O–H groups in total. The molecule has 0 atom stereocenters. The maximum absolute atomic E-state index is 12.6. The minimum absolute atomic E-state index is 0.133. The SMILES string of the molecule is COCCn1c(=NC(=O)c2cccc([N+](=O)[O-])c2)sc2cc(C)c(C)cc21. The fourth-order valence-corrected chi connectivity index (χ4v) is 3.84. The molecule has 3 aromatic rings. The van der Waals surface area contributed by atoms with Gasteiger partial charge in [-0.3, -0.25) is 14.9 Å². The molecule has 0 fully saturated rings. The van der Waals surface area contributed by atoms with Crippen LogP contribution in [-0.2, 0) is 11.3 Å². The Morgan fingerprint density at radius 1 is 1.26 bits per heavy atom. The minimum Gasteiger partial charge on any atom is -0.383 e. The molecule has 0 spiro atoms. The number of nitrogens with zero attached hydrogens (tertiary/aromatic N) is 3. The Morgan fingerprint density at radius 3 is 2.70 bits per heavy atom. The van der Waals surface area contributed by atoms with Crippen LogP contribution in [0, 0.1) is 24.0 Å². The first-order valence-electron chi connectivity index (χ1n) is 8.33. The number of ether oxygens (including phenoxy) is 1. The van der Waals surface area contributed by atoms with Gasteiger partial charge in [0.25, 0.3) is 11.6 Å². The first-order chi connectivity index (χ1) is 12.9. The van der Waals surface area contributed by atoms with Gasteiger partial charge in [0.2, 0.25) is 0 Å². The second-order valence-corrected chi connectivity index (χ2v) is 7.17. The summed E-state index contributed by atoms with van der Waals surface area (Å²) in [5.41, 5.74) is 3.37. The molecule has 0 bridgehead atoms. The van der Waals surface area contributed by atoms with Gasteiger partial charge < -0.3 is 9.30 Å². The molecule has 1 aromatic heterocycles. The van der Waals surface area contributed by atoms with Crippen LogP contribution in [-0.4, -0.2) is 29.1 Å². The lowest BCUT2D eigenvalue weighted by Crippen LogP contribution is -2.19. The zero-order chi connectivity index (χ0) is 19.6. The number of nitro benzene ring substituents is 1. The maximum atomic E-state index is 12.6. The third kappa shape index (κ3) is 3.96. The largest absolute Gasteiger partial charge is 0.383 e. The predicted octanol–water partition coefficient (Wildman–Crippen LogP) is 3.62. The number of nitro groups is 1. The van der Waals surface area contributed by atoms with E-state index in [1.807, 2.05) is 18.4 Å².